The summed E-state index contributed by atoms with van der Waals surface area (Å²) in [5.41, 5.74) is 0. The molecule has 0 atom stereocenters. The summed E-state index contributed by atoms with van der Waals surface area (Å²) in [5.74, 6) is -2.34. The Bertz CT molecular complexity index is 244. The molecule has 0 rings (SSSR count). The lowest BCUT2D eigenvalue weighted by Crippen LogP contribution is -2.16. The van der Waals surface area contributed by atoms with Crippen molar-refractivity contribution in [1.82, 2.24) is 0 Å². The van der Waals surface area contributed by atoms with E-state index in [4.69, 9.17) is 5.11 Å². The molecule has 15 heavy (non-hydrogen) atoms. The first-order chi connectivity index (χ1) is 6.93. The normalized spacial score (nSPS) is 10.1. The third-order valence-electron chi connectivity index (χ3n) is 1.71. The van der Waals surface area contributed by atoms with Gasteiger partial charge in [-0.3, -0.25) is 14.4 Å². The standard InChI is InChI=1S/C10H16O5/c1-7(2)10(14)15-9(13)6-4-3-5-8(11)12/h7H,3-6H2,1-2H3,(H,11,12). The van der Waals surface area contributed by atoms with Crippen molar-refractivity contribution in [2.45, 2.75) is 39.5 Å². The van der Waals surface area contributed by atoms with E-state index in [1.807, 2.05) is 0 Å². The lowest BCUT2D eigenvalue weighted by atomic mass is 10.2. The Labute approximate surface area is 88.4 Å². The van der Waals surface area contributed by atoms with Crippen LogP contribution < -0.4 is 0 Å². The van der Waals surface area contributed by atoms with Crippen LogP contribution >= 0.6 is 0 Å². The van der Waals surface area contributed by atoms with Gasteiger partial charge in [0.15, 0.2) is 0 Å². The molecule has 5 heteroatoms. The molecule has 0 aliphatic carbocycles. The van der Waals surface area contributed by atoms with Gasteiger partial charge in [0, 0.05) is 12.8 Å². The Morgan fingerprint density at radius 1 is 1.13 bits per heavy atom. The van der Waals surface area contributed by atoms with Crippen LogP contribution in [0, 0.1) is 5.92 Å². The van der Waals surface area contributed by atoms with E-state index in [1.165, 1.54) is 0 Å². The van der Waals surface area contributed by atoms with Gasteiger partial charge in [-0.05, 0) is 12.8 Å². The average Bonchev–Trinajstić information content (AvgIpc) is 2.12. The van der Waals surface area contributed by atoms with Crippen molar-refractivity contribution >= 4 is 17.9 Å². The van der Waals surface area contributed by atoms with Gasteiger partial charge in [0.2, 0.25) is 0 Å². The maximum Gasteiger partial charge on any atom is 0.316 e. The van der Waals surface area contributed by atoms with Crippen LogP contribution in [0.5, 0.6) is 0 Å². The number of hydrogen-bond acceptors (Lipinski definition) is 4. The summed E-state index contributed by atoms with van der Waals surface area (Å²) in [6, 6.07) is 0. The Hall–Kier alpha value is -1.39. The van der Waals surface area contributed by atoms with Crippen molar-refractivity contribution in [2.75, 3.05) is 0 Å². The quantitative estimate of drug-likeness (QED) is 0.412. The van der Waals surface area contributed by atoms with Gasteiger partial charge in [0.05, 0.1) is 5.92 Å². The Morgan fingerprint density at radius 2 is 1.67 bits per heavy atom. The minimum absolute atomic E-state index is 0.0331. The topological polar surface area (TPSA) is 80.7 Å². The molecule has 5 nitrogen and oxygen atoms in total. The molecule has 0 aromatic heterocycles. The van der Waals surface area contributed by atoms with E-state index in [-0.39, 0.29) is 18.8 Å². The molecule has 0 saturated heterocycles. The fourth-order valence-electron chi connectivity index (χ4n) is 0.827. The second kappa shape index (κ2) is 6.98. The van der Waals surface area contributed by atoms with E-state index >= 15 is 0 Å². The zero-order valence-electron chi connectivity index (χ0n) is 8.99. The molecular weight excluding hydrogens is 200 g/mol. The van der Waals surface area contributed by atoms with E-state index in [2.05, 4.69) is 4.74 Å². The summed E-state index contributed by atoms with van der Waals surface area (Å²) in [6.45, 7) is 3.28. The van der Waals surface area contributed by atoms with E-state index in [9.17, 15) is 14.4 Å². The van der Waals surface area contributed by atoms with Gasteiger partial charge in [0.1, 0.15) is 0 Å². The zero-order valence-corrected chi connectivity index (χ0v) is 8.99. The molecule has 0 amide bonds. The van der Waals surface area contributed by atoms with Crippen LogP contribution in [0.3, 0.4) is 0 Å². The Kier molecular flexibility index (Phi) is 6.33. The third-order valence-corrected chi connectivity index (χ3v) is 1.71. The van der Waals surface area contributed by atoms with Crippen LogP contribution in [-0.4, -0.2) is 23.0 Å². The summed E-state index contributed by atoms with van der Waals surface area (Å²) in [5, 5.41) is 8.33. The van der Waals surface area contributed by atoms with Crippen molar-refractivity contribution in [3.63, 3.8) is 0 Å². The first-order valence-electron chi connectivity index (χ1n) is 4.89. The first-order valence-corrected chi connectivity index (χ1v) is 4.89. The van der Waals surface area contributed by atoms with Gasteiger partial charge in [-0.15, -0.1) is 0 Å². The molecule has 0 fully saturated rings. The van der Waals surface area contributed by atoms with Gasteiger partial charge in [-0.1, -0.05) is 13.8 Å². The number of rotatable bonds is 6. The predicted molar refractivity (Wildman–Crippen MR) is 52.0 cm³/mol. The second-order valence-electron chi connectivity index (χ2n) is 3.55. The maximum atomic E-state index is 11.0. The summed E-state index contributed by atoms with van der Waals surface area (Å²) in [4.78, 5) is 32.1. The molecule has 0 aromatic carbocycles. The average molecular weight is 216 g/mol. The van der Waals surface area contributed by atoms with Crippen molar-refractivity contribution in [1.29, 1.82) is 0 Å². The third kappa shape index (κ3) is 7.66. The van der Waals surface area contributed by atoms with Crippen LogP contribution in [0.1, 0.15) is 39.5 Å². The number of aliphatic carboxylic acids is 1. The number of unbranched alkanes of at least 4 members (excludes halogenated alkanes) is 1. The molecule has 0 spiro atoms. The number of ether oxygens (including phenoxy) is 1. The fraction of sp³-hybridized carbons (Fsp3) is 0.700. The van der Waals surface area contributed by atoms with Gasteiger partial charge in [-0.25, -0.2) is 0 Å². The molecule has 0 heterocycles. The second-order valence-corrected chi connectivity index (χ2v) is 3.55. The number of carboxylic acid groups (broad SMARTS) is 1. The van der Waals surface area contributed by atoms with Crippen molar-refractivity contribution < 1.29 is 24.2 Å². The lowest BCUT2D eigenvalue weighted by molar-refractivity contribution is -0.162. The molecule has 86 valence electrons. The number of hydrogen-bond donors (Lipinski definition) is 1. The Balaban J connectivity index is 3.58. The molecule has 0 unspecified atom stereocenters. The van der Waals surface area contributed by atoms with Crippen molar-refractivity contribution in [3.05, 3.63) is 0 Å². The lowest BCUT2D eigenvalue weighted by Gasteiger charge is -2.04. The van der Waals surface area contributed by atoms with Crippen LogP contribution in [0.2, 0.25) is 0 Å². The number of carbonyl (C=O) groups is 3. The number of carbonyl (C=O) groups excluding carboxylic acids is 2. The highest BCUT2D eigenvalue weighted by Crippen LogP contribution is 2.03. The molecule has 0 saturated carbocycles. The molecule has 0 aliphatic heterocycles. The molecule has 0 aromatic rings. The first kappa shape index (κ1) is 13.6. The molecular formula is C10H16O5. The fourth-order valence-corrected chi connectivity index (χ4v) is 0.827. The molecule has 1 N–H and O–H groups in total. The van der Waals surface area contributed by atoms with Crippen molar-refractivity contribution in [2.24, 2.45) is 5.92 Å². The number of esters is 2. The number of carboxylic acids is 1. The summed E-state index contributed by atoms with van der Waals surface area (Å²) >= 11 is 0. The highest BCUT2D eigenvalue weighted by atomic mass is 16.6. The zero-order chi connectivity index (χ0) is 11.8. The highest BCUT2D eigenvalue weighted by Gasteiger charge is 2.13. The van der Waals surface area contributed by atoms with Crippen LogP contribution in [0.15, 0.2) is 0 Å². The summed E-state index contributed by atoms with van der Waals surface area (Å²) in [7, 11) is 0. The van der Waals surface area contributed by atoms with E-state index in [0.717, 1.165) is 0 Å². The maximum absolute atomic E-state index is 11.0. The van der Waals surface area contributed by atoms with E-state index in [0.29, 0.717) is 12.8 Å². The van der Waals surface area contributed by atoms with Crippen LogP contribution in [0.4, 0.5) is 0 Å². The minimum Gasteiger partial charge on any atom is -0.481 e. The smallest absolute Gasteiger partial charge is 0.316 e. The molecule has 0 bridgehead atoms. The monoisotopic (exact) mass is 216 g/mol. The largest absolute Gasteiger partial charge is 0.481 e. The van der Waals surface area contributed by atoms with Gasteiger partial charge < -0.3 is 9.84 Å². The SMILES string of the molecule is CC(C)C(=O)OC(=O)CCCCC(=O)O. The van der Waals surface area contributed by atoms with Gasteiger partial charge in [0.25, 0.3) is 0 Å². The van der Waals surface area contributed by atoms with Crippen molar-refractivity contribution in [3.8, 4) is 0 Å². The Morgan fingerprint density at radius 3 is 2.13 bits per heavy atom. The molecule has 0 aliphatic rings. The van der Waals surface area contributed by atoms with Crippen LogP contribution in [-0.2, 0) is 19.1 Å². The minimum atomic E-state index is -0.887. The highest BCUT2D eigenvalue weighted by molar-refractivity contribution is 5.86. The molecule has 0 radical (unpaired) electrons. The van der Waals surface area contributed by atoms with Crippen LogP contribution in [0.25, 0.3) is 0 Å². The van der Waals surface area contributed by atoms with E-state index < -0.39 is 17.9 Å². The summed E-state index contributed by atoms with van der Waals surface area (Å²) in [6.07, 6.45) is 0.966. The van der Waals surface area contributed by atoms with E-state index in [1.54, 1.807) is 13.8 Å². The van der Waals surface area contributed by atoms with Gasteiger partial charge >= 0.3 is 17.9 Å². The van der Waals surface area contributed by atoms with Gasteiger partial charge in [-0.2, -0.15) is 0 Å². The predicted octanol–water partition coefficient (Wildman–Crippen LogP) is 1.36. The summed E-state index contributed by atoms with van der Waals surface area (Å²) < 4.78 is 4.49.